The SMILES string of the molecule is Cc1ccc(F)c(-n2nc(C(=O)N[C@@H](C(=O)O)C(C)C)c3c2CCC3)c1. The summed E-state index contributed by atoms with van der Waals surface area (Å²) in [7, 11) is 0. The summed E-state index contributed by atoms with van der Waals surface area (Å²) in [6.45, 7) is 5.31. The van der Waals surface area contributed by atoms with E-state index in [0.29, 0.717) is 18.5 Å². The van der Waals surface area contributed by atoms with Gasteiger partial charge in [-0.25, -0.2) is 13.9 Å². The van der Waals surface area contributed by atoms with Crippen LogP contribution in [0.1, 0.15) is 47.6 Å². The summed E-state index contributed by atoms with van der Waals surface area (Å²) in [5, 5.41) is 16.2. The maximum absolute atomic E-state index is 14.3. The Morgan fingerprint density at radius 2 is 2.04 bits per heavy atom. The van der Waals surface area contributed by atoms with E-state index < -0.39 is 23.7 Å². The second-order valence-electron chi connectivity index (χ2n) is 7.03. The molecule has 0 fully saturated rings. The maximum Gasteiger partial charge on any atom is 0.326 e. The molecule has 1 aliphatic rings. The van der Waals surface area contributed by atoms with Gasteiger partial charge in [0.05, 0.1) is 0 Å². The zero-order valence-corrected chi connectivity index (χ0v) is 15.0. The van der Waals surface area contributed by atoms with E-state index in [1.165, 1.54) is 10.7 Å². The highest BCUT2D eigenvalue weighted by Gasteiger charge is 2.31. The normalized spacial score (nSPS) is 14.3. The highest BCUT2D eigenvalue weighted by Crippen LogP contribution is 2.29. The van der Waals surface area contributed by atoms with Crippen molar-refractivity contribution in [1.29, 1.82) is 0 Å². The van der Waals surface area contributed by atoms with Crippen LogP contribution in [0.25, 0.3) is 5.69 Å². The number of carbonyl (C=O) groups excluding carboxylic acids is 1. The lowest BCUT2D eigenvalue weighted by atomic mass is 10.0. The molecule has 3 rings (SSSR count). The summed E-state index contributed by atoms with van der Waals surface area (Å²) in [5.41, 5.74) is 2.97. The lowest BCUT2D eigenvalue weighted by Crippen LogP contribution is -2.44. The molecule has 0 spiro atoms. The predicted molar refractivity (Wildman–Crippen MR) is 94.0 cm³/mol. The van der Waals surface area contributed by atoms with Crippen LogP contribution in [0.3, 0.4) is 0 Å². The highest BCUT2D eigenvalue weighted by atomic mass is 19.1. The number of halogens is 1. The van der Waals surface area contributed by atoms with Crippen LogP contribution in [0.4, 0.5) is 4.39 Å². The second-order valence-corrected chi connectivity index (χ2v) is 7.03. The van der Waals surface area contributed by atoms with Crippen molar-refractivity contribution in [3.05, 3.63) is 46.5 Å². The van der Waals surface area contributed by atoms with Gasteiger partial charge in [0.2, 0.25) is 0 Å². The smallest absolute Gasteiger partial charge is 0.326 e. The Balaban J connectivity index is 2.01. The Bertz CT molecular complexity index is 873. The van der Waals surface area contributed by atoms with Gasteiger partial charge in [0, 0.05) is 11.3 Å². The van der Waals surface area contributed by atoms with Crippen LogP contribution >= 0.6 is 0 Å². The number of nitrogens with zero attached hydrogens (tertiary/aromatic N) is 2. The van der Waals surface area contributed by atoms with Gasteiger partial charge >= 0.3 is 5.97 Å². The molecule has 0 radical (unpaired) electrons. The van der Waals surface area contributed by atoms with E-state index in [1.54, 1.807) is 26.0 Å². The number of carbonyl (C=O) groups is 2. The van der Waals surface area contributed by atoms with Gasteiger partial charge in [-0.1, -0.05) is 19.9 Å². The van der Waals surface area contributed by atoms with Crippen molar-refractivity contribution in [1.82, 2.24) is 15.1 Å². The average molecular weight is 359 g/mol. The minimum Gasteiger partial charge on any atom is -0.480 e. The predicted octanol–water partition coefficient (Wildman–Crippen LogP) is 2.65. The Kier molecular flexibility index (Phi) is 4.80. The van der Waals surface area contributed by atoms with E-state index >= 15 is 0 Å². The third kappa shape index (κ3) is 3.21. The van der Waals surface area contributed by atoms with Crippen LogP contribution in [0.15, 0.2) is 18.2 Å². The van der Waals surface area contributed by atoms with Crippen LogP contribution < -0.4 is 5.32 Å². The van der Waals surface area contributed by atoms with E-state index in [4.69, 9.17) is 0 Å². The number of hydrogen-bond acceptors (Lipinski definition) is 3. The fourth-order valence-corrected chi connectivity index (χ4v) is 3.33. The molecule has 1 aliphatic carbocycles. The molecular formula is C19H22FN3O3. The van der Waals surface area contributed by atoms with Crippen LogP contribution in [0.5, 0.6) is 0 Å². The summed E-state index contributed by atoms with van der Waals surface area (Å²) in [5.74, 6) is -2.30. The molecule has 0 saturated heterocycles. The van der Waals surface area contributed by atoms with Crippen LogP contribution in [0, 0.1) is 18.7 Å². The number of rotatable bonds is 5. The van der Waals surface area contributed by atoms with Crippen molar-refractivity contribution < 1.29 is 19.1 Å². The summed E-state index contributed by atoms with van der Waals surface area (Å²) in [4.78, 5) is 24.0. The first-order valence-electron chi connectivity index (χ1n) is 8.70. The summed E-state index contributed by atoms with van der Waals surface area (Å²) in [6, 6.07) is 3.75. The van der Waals surface area contributed by atoms with Crippen molar-refractivity contribution in [3.8, 4) is 5.69 Å². The average Bonchev–Trinajstić information content (AvgIpc) is 3.16. The molecule has 26 heavy (non-hydrogen) atoms. The van der Waals surface area contributed by atoms with E-state index in [0.717, 1.165) is 23.2 Å². The number of carboxylic acid groups (broad SMARTS) is 1. The summed E-state index contributed by atoms with van der Waals surface area (Å²) < 4.78 is 15.8. The zero-order chi connectivity index (χ0) is 19.0. The molecular weight excluding hydrogens is 337 g/mol. The molecule has 0 bridgehead atoms. The van der Waals surface area contributed by atoms with Crippen molar-refractivity contribution in [3.63, 3.8) is 0 Å². The van der Waals surface area contributed by atoms with Gasteiger partial charge < -0.3 is 10.4 Å². The highest BCUT2D eigenvalue weighted by molar-refractivity contribution is 5.96. The van der Waals surface area contributed by atoms with Gasteiger partial charge in [-0.3, -0.25) is 4.79 Å². The van der Waals surface area contributed by atoms with Crippen molar-refractivity contribution in [2.75, 3.05) is 0 Å². The number of aryl methyl sites for hydroxylation is 1. The van der Waals surface area contributed by atoms with Gasteiger partial charge in [0.1, 0.15) is 17.5 Å². The number of aliphatic carboxylic acids is 1. The Labute approximate surface area is 151 Å². The van der Waals surface area contributed by atoms with E-state index in [9.17, 15) is 19.1 Å². The largest absolute Gasteiger partial charge is 0.480 e. The quantitative estimate of drug-likeness (QED) is 0.860. The monoisotopic (exact) mass is 359 g/mol. The fourth-order valence-electron chi connectivity index (χ4n) is 3.33. The number of aromatic nitrogens is 2. The lowest BCUT2D eigenvalue weighted by Gasteiger charge is -2.17. The molecule has 0 aliphatic heterocycles. The van der Waals surface area contributed by atoms with Gasteiger partial charge in [0.15, 0.2) is 5.69 Å². The molecule has 1 aromatic heterocycles. The molecule has 1 atom stereocenters. The van der Waals surface area contributed by atoms with Crippen molar-refractivity contribution in [2.45, 2.75) is 46.1 Å². The molecule has 0 unspecified atom stereocenters. The molecule has 1 aromatic carbocycles. The topological polar surface area (TPSA) is 84.2 Å². The number of fused-ring (bicyclic) bond motifs is 1. The van der Waals surface area contributed by atoms with E-state index in [-0.39, 0.29) is 11.6 Å². The summed E-state index contributed by atoms with van der Waals surface area (Å²) in [6.07, 6.45) is 2.23. The molecule has 1 heterocycles. The maximum atomic E-state index is 14.3. The number of amides is 1. The first-order chi connectivity index (χ1) is 12.3. The lowest BCUT2D eigenvalue weighted by molar-refractivity contribution is -0.140. The third-order valence-electron chi connectivity index (χ3n) is 4.69. The minimum absolute atomic E-state index is 0.185. The Hall–Kier alpha value is -2.70. The first-order valence-corrected chi connectivity index (χ1v) is 8.70. The third-order valence-corrected chi connectivity index (χ3v) is 4.69. The fraction of sp³-hybridized carbons (Fsp3) is 0.421. The van der Waals surface area contributed by atoms with Crippen LogP contribution in [0.2, 0.25) is 0 Å². The molecule has 6 nitrogen and oxygen atoms in total. The molecule has 2 aromatic rings. The van der Waals surface area contributed by atoms with Crippen molar-refractivity contribution >= 4 is 11.9 Å². The number of hydrogen-bond donors (Lipinski definition) is 2. The van der Waals surface area contributed by atoms with Gasteiger partial charge in [-0.15, -0.1) is 0 Å². The molecule has 7 heteroatoms. The van der Waals surface area contributed by atoms with Crippen LogP contribution in [-0.2, 0) is 17.6 Å². The van der Waals surface area contributed by atoms with E-state index in [1.807, 2.05) is 6.92 Å². The minimum atomic E-state index is -1.09. The second kappa shape index (κ2) is 6.90. The molecule has 1 amide bonds. The molecule has 138 valence electrons. The molecule has 2 N–H and O–H groups in total. The Morgan fingerprint density at radius 1 is 1.31 bits per heavy atom. The van der Waals surface area contributed by atoms with Crippen molar-refractivity contribution in [2.24, 2.45) is 5.92 Å². The number of nitrogens with one attached hydrogen (secondary N) is 1. The van der Waals surface area contributed by atoms with Gasteiger partial charge in [-0.05, 0) is 49.8 Å². The number of carboxylic acids is 1. The zero-order valence-electron chi connectivity index (χ0n) is 15.0. The standard InChI is InChI=1S/C19H22FN3O3/c1-10(2)16(19(25)26)21-18(24)17-12-5-4-6-14(12)23(22-17)15-9-11(3)7-8-13(15)20/h7-10,16H,4-6H2,1-3H3,(H,21,24)(H,25,26)/t16-/m1/s1. The van der Waals surface area contributed by atoms with Crippen LogP contribution in [-0.4, -0.2) is 32.8 Å². The van der Waals surface area contributed by atoms with Gasteiger partial charge in [0.25, 0.3) is 5.91 Å². The molecule has 0 saturated carbocycles. The van der Waals surface area contributed by atoms with E-state index in [2.05, 4.69) is 10.4 Å². The number of benzene rings is 1. The summed E-state index contributed by atoms with van der Waals surface area (Å²) >= 11 is 0. The Morgan fingerprint density at radius 3 is 2.69 bits per heavy atom. The van der Waals surface area contributed by atoms with Gasteiger partial charge in [-0.2, -0.15) is 5.10 Å². The first kappa shape index (κ1) is 18.1.